The number of alkyl halides is 2. The minimum absolute atomic E-state index is 0.243. The van der Waals surface area contributed by atoms with Crippen molar-refractivity contribution in [3.63, 3.8) is 0 Å². The maximum Gasteiger partial charge on any atom is 0.221 e. The van der Waals surface area contributed by atoms with E-state index in [9.17, 15) is 9.18 Å². The summed E-state index contributed by atoms with van der Waals surface area (Å²) in [4.78, 5) is 10.1. The maximum atomic E-state index is 13.1. The van der Waals surface area contributed by atoms with E-state index in [0.29, 0.717) is 10.7 Å². The van der Waals surface area contributed by atoms with E-state index < -0.39 is 11.0 Å². The quantitative estimate of drug-likeness (QED) is 0.726. The fourth-order valence-corrected chi connectivity index (χ4v) is 1.49. The molecule has 1 amide bonds. The van der Waals surface area contributed by atoms with Crippen LogP contribution in [0.25, 0.3) is 0 Å². The zero-order valence-corrected chi connectivity index (χ0v) is 9.19. The molecule has 1 aliphatic carbocycles. The Morgan fingerprint density at radius 2 is 2.38 bits per heavy atom. The van der Waals surface area contributed by atoms with E-state index in [1.165, 1.54) is 19.1 Å². The van der Waals surface area contributed by atoms with Gasteiger partial charge < -0.3 is 5.32 Å². The molecule has 5 heteroatoms. The molecule has 0 spiro atoms. The normalized spacial score (nSPS) is 27.7. The molecule has 0 aromatic carbocycles. The van der Waals surface area contributed by atoms with Gasteiger partial charge in [-0.1, -0.05) is 27.5 Å². The second-order valence-electron chi connectivity index (χ2n) is 2.68. The van der Waals surface area contributed by atoms with Crippen molar-refractivity contribution >= 4 is 33.4 Å². The lowest BCUT2D eigenvalue weighted by Crippen LogP contribution is -2.25. The molecule has 0 radical (unpaired) electrons. The Hall–Kier alpha value is -0.350. The predicted octanol–water partition coefficient (Wildman–Crippen LogP) is 2.24. The van der Waals surface area contributed by atoms with Crippen molar-refractivity contribution in [3.8, 4) is 0 Å². The van der Waals surface area contributed by atoms with E-state index in [1.807, 2.05) is 0 Å². The van der Waals surface area contributed by atoms with Gasteiger partial charge in [0, 0.05) is 17.7 Å². The Labute approximate surface area is 89.0 Å². The van der Waals surface area contributed by atoms with E-state index in [1.54, 1.807) is 0 Å². The summed E-state index contributed by atoms with van der Waals surface area (Å²) < 4.78 is 13.1. The zero-order chi connectivity index (χ0) is 10.0. The first-order chi connectivity index (χ1) is 6.00. The molecule has 2 nitrogen and oxygen atoms in total. The molecule has 0 aromatic heterocycles. The second kappa shape index (κ2) is 4.24. The molecule has 2 atom stereocenters. The van der Waals surface area contributed by atoms with Crippen molar-refractivity contribution in [1.29, 1.82) is 0 Å². The molecule has 1 rings (SSSR count). The van der Waals surface area contributed by atoms with E-state index in [-0.39, 0.29) is 5.91 Å². The summed E-state index contributed by atoms with van der Waals surface area (Å²) in [5.74, 6) is -0.243. The molecule has 2 unspecified atom stereocenters. The van der Waals surface area contributed by atoms with Gasteiger partial charge in [-0.15, -0.1) is 0 Å². The number of rotatable bonds is 1. The molecule has 0 saturated carbocycles. The first-order valence-corrected chi connectivity index (χ1v) is 4.94. The van der Waals surface area contributed by atoms with Crippen LogP contribution in [0.1, 0.15) is 6.92 Å². The smallest absolute Gasteiger partial charge is 0.221 e. The molecule has 1 N–H and O–H groups in total. The van der Waals surface area contributed by atoms with Crippen LogP contribution in [-0.2, 0) is 4.79 Å². The van der Waals surface area contributed by atoms with Crippen LogP contribution < -0.4 is 5.32 Å². The second-order valence-corrected chi connectivity index (χ2v) is 4.10. The molecule has 0 saturated heterocycles. The monoisotopic (exact) mass is 267 g/mol. The molecule has 1 aliphatic rings. The van der Waals surface area contributed by atoms with Crippen LogP contribution >= 0.6 is 27.5 Å². The van der Waals surface area contributed by atoms with Crippen LogP contribution in [0.2, 0.25) is 0 Å². The van der Waals surface area contributed by atoms with Crippen LogP contribution in [0, 0.1) is 0 Å². The third kappa shape index (κ3) is 2.81. The molecule has 0 heterocycles. The number of nitrogens with one attached hydrogen (secondary N) is 1. The van der Waals surface area contributed by atoms with Crippen molar-refractivity contribution in [2.45, 2.75) is 17.9 Å². The number of halogens is 3. The molecular weight excluding hydrogens is 260 g/mol. The highest BCUT2D eigenvalue weighted by atomic mass is 79.9. The molecule has 0 bridgehead atoms. The van der Waals surface area contributed by atoms with Crippen molar-refractivity contribution in [1.82, 2.24) is 5.32 Å². The first-order valence-electron chi connectivity index (χ1n) is 3.65. The zero-order valence-electron chi connectivity index (χ0n) is 6.85. The standard InChI is InChI=1S/C8H8BrClFNO/c1-4(13)12-5-2-6(10)8(9)7(11)3-5/h2-3,7-8H,1H3,(H,12,13). The Balaban J connectivity index is 2.78. The van der Waals surface area contributed by atoms with Crippen molar-refractivity contribution in [2.24, 2.45) is 0 Å². The van der Waals surface area contributed by atoms with Crippen LogP contribution in [0.5, 0.6) is 0 Å². The summed E-state index contributed by atoms with van der Waals surface area (Å²) in [7, 11) is 0. The Kier molecular flexibility index (Phi) is 3.50. The van der Waals surface area contributed by atoms with E-state index in [2.05, 4.69) is 21.2 Å². The SMILES string of the molecule is CC(=O)NC1=CC(F)C(Br)C(Cl)=C1. The average molecular weight is 269 g/mol. The van der Waals surface area contributed by atoms with Crippen LogP contribution in [0.15, 0.2) is 22.9 Å². The fourth-order valence-electron chi connectivity index (χ4n) is 0.965. The van der Waals surface area contributed by atoms with Crippen molar-refractivity contribution < 1.29 is 9.18 Å². The average Bonchev–Trinajstić information content (AvgIpc) is 1.98. The topological polar surface area (TPSA) is 29.1 Å². The van der Waals surface area contributed by atoms with Gasteiger partial charge in [0.1, 0.15) is 6.17 Å². The predicted molar refractivity (Wildman–Crippen MR) is 53.4 cm³/mol. The third-order valence-electron chi connectivity index (χ3n) is 1.50. The van der Waals surface area contributed by atoms with Gasteiger partial charge in [-0.3, -0.25) is 4.79 Å². The van der Waals surface area contributed by atoms with E-state index >= 15 is 0 Å². The van der Waals surface area contributed by atoms with E-state index in [4.69, 9.17) is 11.6 Å². The summed E-state index contributed by atoms with van der Waals surface area (Å²) in [5.41, 5.74) is 0.403. The highest BCUT2D eigenvalue weighted by molar-refractivity contribution is 9.09. The maximum absolute atomic E-state index is 13.1. The van der Waals surface area contributed by atoms with Crippen molar-refractivity contribution in [3.05, 3.63) is 22.9 Å². The number of carbonyl (C=O) groups excluding carboxylic acids is 1. The lowest BCUT2D eigenvalue weighted by Gasteiger charge is -2.18. The third-order valence-corrected chi connectivity index (χ3v) is 3.10. The minimum Gasteiger partial charge on any atom is -0.326 e. The van der Waals surface area contributed by atoms with Crippen LogP contribution in [0.4, 0.5) is 4.39 Å². The molecule has 72 valence electrons. The largest absolute Gasteiger partial charge is 0.326 e. The summed E-state index contributed by atoms with van der Waals surface area (Å²) in [6.45, 7) is 1.36. The van der Waals surface area contributed by atoms with Gasteiger partial charge in [0.2, 0.25) is 5.91 Å². The van der Waals surface area contributed by atoms with Gasteiger partial charge >= 0.3 is 0 Å². The van der Waals surface area contributed by atoms with Crippen LogP contribution in [-0.4, -0.2) is 16.9 Å². The molecular formula is C8H8BrClFNO. The minimum atomic E-state index is -1.21. The van der Waals surface area contributed by atoms with Crippen LogP contribution in [0.3, 0.4) is 0 Å². The first kappa shape index (κ1) is 10.7. The van der Waals surface area contributed by atoms with Gasteiger partial charge in [0.05, 0.1) is 4.83 Å². The Morgan fingerprint density at radius 3 is 2.85 bits per heavy atom. The number of hydrogen-bond acceptors (Lipinski definition) is 1. The molecule has 0 aliphatic heterocycles. The summed E-state index contributed by atoms with van der Waals surface area (Å²) in [6, 6.07) is 0. The molecule has 13 heavy (non-hydrogen) atoms. The fraction of sp³-hybridized carbons (Fsp3) is 0.375. The Morgan fingerprint density at radius 1 is 1.77 bits per heavy atom. The highest BCUT2D eigenvalue weighted by Crippen LogP contribution is 2.28. The molecule has 0 aromatic rings. The summed E-state index contributed by atoms with van der Waals surface area (Å²) in [6.07, 6.45) is 1.63. The van der Waals surface area contributed by atoms with Crippen molar-refractivity contribution in [2.75, 3.05) is 0 Å². The Bertz CT molecular complexity index is 290. The lowest BCUT2D eigenvalue weighted by molar-refractivity contribution is -0.118. The summed E-state index contributed by atoms with van der Waals surface area (Å²) >= 11 is 8.80. The van der Waals surface area contributed by atoms with Gasteiger partial charge in [0.15, 0.2) is 0 Å². The number of hydrogen-bond donors (Lipinski definition) is 1. The van der Waals surface area contributed by atoms with E-state index in [0.717, 1.165) is 0 Å². The summed E-state index contributed by atoms with van der Waals surface area (Å²) in [5, 5.41) is 2.81. The van der Waals surface area contributed by atoms with Gasteiger partial charge in [0.25, 0.3) is 0 Å². The van der Waals surface area contributed by atoms with Gasteiger partial charge in [-0.05, 0) is 12.2 Å². The lowest BCUT2D eigenvalue weighted by atomic mass is 10.1. The van der Waals surface area contributed by atoms with Gasteiger partial charge in [-0.2, -0.15) is 0 Å². The molecule has 0 fully saturated rings. The number of amides is 1. The number of allylic oxidation sites excluding steroid dienone is 3. The number of carbonyl (C=O) groups is 1. The van der Waals surface area contributed by atoms with Gasteiger partial charge in [-0.25, -0.2) is 4.39 Å². The highest BCUT2D eigenvalue weighted by Gasteiger charge is 2.23.